The molecule has 1 aliphatic carbocycles. The van der Waals surface area contributed by atoms with Crippen LogP contribution in [0.1, 0.15) is 36.9 Å². The fourth-order valence-electron chi connectivity index (χ4n) is 2.34. The second-order valence-corrected chi connectivity index (χ2v) is 6.38. The van der Waals surface area contributed by atoms with Crippen LogP contribution in [0.2, 0.25) is 0 Å². The normalized spacial score (nSPS) is 14.1. The van der Waals surface area contributed by atoms with Crippen molar-refractivity contribution in [1.29, 1.82) is 0 Å². The topological polar surface area (TPSA) is 72.7 Å². The van der Waals surface area contributed by atoms with Gasteiger partial charge in [-0.3, -0.25) is 4.79 Å². The molecule has 0 atom stereocenters. The number of nitrogens with one attached hydrogen (secondary N) is 1. The summed E-state index contributed by atoms with van der Waals surface area (Å²) in [7, 11) is 0. The molecule has 1 saturated carbocycles. The Morgan fingerprint density at radius 2 is 2.27 bits per heavy atom. The Morgan fingerprint density at radius 1 is 1.45 bits per heavy atom. The number of hydrogen-bond donors (Lipinski definition) is 1. The van der Waals surface area contributed by atoms with Crippen LogP contribution in [-0.4, -0.2) is 31.9 Å². The van der Waals surface area contributed by atoms with E-state index in [1.54, 1.807) is 0 Å². The molecule has 1 heterocycles. The lowest BCUT2D eigenvalue weighted by Crippen LogP contribution is -2.16. The van der Waals surface area contributed by atoms with Crippen molar-refractivity contribution in [2.24, 2.45) is 0 Å². The van der Waals surface area contributed by atoms with Crippen LogP contribution < -0.4 is 5.32 Å². The number of aryl methyl sites for hydroxylation is 2. The van der Waals surface area contributed by atoms with Crippen molar-refractivity contribution in [1.82, 2.24) is 20.2 Å². The zero-order valence-electron chi connectivity index (χ0n) is 12.7. The Hall–Kier alpha value is -1.89. The summed E-state index contributed by atoms with van der Waals surface area (Å²) in [5, 5.41) is 15.4. The largest absolute Gasteiger partial charge is 0.325 e. The molecule has 22 heavy (non-hydrogen) atoms. The van der Waals surface area contributed by atoms with E-state index in [4.69, 9.17) is 0 Å². The summed E-state index contributed by atoms with van der Waals surface area (Å²) in [4.78, 5) is 12.2. The average molecular weight is 317 g/mol. The van der Waals surface area contributed by atoms with Crippen molar-refractivity contribution in [3.8, 4) is 0 Å². The van der Waals surface area contributed by atoms with Gasteiger partial charge in [-0.05, 0) is 47.7 Å². The lowest BCUT2D eigenvalue weighted by molar-refractivity contribution is -0.113. The molecule has 6 nitrogen and oxygen atoms in total. The molecule has 0 unspecified atom stereocenters. The zero-order valence-corrected chi connectivity index (χ0v) is 13.6. The standard InChI is InChI=1S/C15H19N5OS/c1-3-11-6-4-5-10(2)14(11)16-13(21)9-22-15-17-18-19-20(15)12-7-8-12/h4-6,12H,3,7-9H2,1-2H3,(H,16,21). The molecule has 1 aliphatic rings. The van der Waals surface area contributed by atoms with E-state index in [1.165, 1.54) is 11.8 Å². The van der Waals surface area contributed by atoms with Crippen LogP contribution >= 0.6 is 11.8 Å². The second-order valence-electron chi connectivity index (χ2n) is 5.44. The first-order valence-corrected chi connectivity index (χ1v) is 8.46. The number of thioether (sulfide) groups is 1. The summed E-state index contributed by atoms with van der Waals surface area (Å²) in [6.45, 7) is 4.10. The predicted octanol–water partition coefficient (Wildman–Crippen LogP) is 2.61. The molecule has 1 fully saturated rings. The maximum absolute atomic E-state index is 12.2. The summed E-state index contributed by atoms with van der Waals surface area (Å²) < 4.78 is 1.82. The lowest BCUT2D eigenvalue weighted by atomic mass is 10.1. The van der Waals surface area contributed by atoms with Crippen LogP contribution in [0.15, 0.2) is 23.4 Å². The predicted molar refractivity (Wildman–Crippen MR) is 86.0 cm³/mol. The second kappa shape index (κ2) is 6.48. The first kappa shape index (κ1) is 15.0. The van der Waals surface area contributed by atoms with Crippen LogP contribution in [-0.2, 0) is 11.2 Å². The molecule has 3 rings (SSSR count). The third kappa shape index (κ3) is 3.30. The molecule has 0 bridgehead atoms. The fourth-order valence-corrected chi connectivity index (χ4v) is 3.08. The molecule has 116 valence electrons. The van der Waals surface area contributed by atoms with Crippen LogP contribution in [0.25, 0.3) is 0 Å². The summed E-state index contributed by atoms with van der Waals surface area (Å²) in [5.41, 5.74) is 3.17. The number of nitrogens with zero attached hydrogens (tertiary/aromatic N) is 4. The molecule has 0 spiro atoms. The van der Waals surface area contributed by atoms with Crippen molar-refractivity contribution >= 4 is 23.4 Å². The number of tetrazole rings is 1. The molecule has 0 aliphatic heterocycles. The van der Waals surface area contributed by atoms with Gasteiger partial charge in [0.25, 0.3) is 0 Å². The molecule has 0 saturated heterocycles. The first-order valence-electron chi connectivity index (χ1n) is 7.48. The van der Waals surface area contributed by atoms with Gasteiger partial charge in [0.1, 0.15) is 0 Å². The Labute approximate surface area is 133 Å². The van der Waals surface area contributed by atoms with E-state index >= 15 is 0 Å². The highest BCUT2D eigenvalue weighted by atomic mass is 32.2. The maximum atomic E-state index is 12.2. The lowest BCUT2D eigenvalue weighted by Gasteiger charge is -2.12. The summed E-state index contributed by atoms with van der Waals surface area (Å²) in [6.07, 6.45) is 3.13. The Morgan fingerprint density at radius 3 is 3.00 bits per heavy atom. The summed E-state index contributed by atoms with van der Waals surface area (Å²) in [6, 6.07) is 6.49. The van der Waals surface area contributed by atoms with Gasteiger partial charge in [-0.15, -0.1) is 5.10 Å². The van der Waals surface area contributed by atoms with Crippen molar-refractivity contribution < 1.29 is 4.79 Å². The van der Waals surface area contributed by atoms with Gasteiger partial charge in [-0.25, -0.2) is 4.68 Å². The van der Waals surface area contributed by atoms with Gasteiger partial charge in [-0.1, -0.05) is 36.9 Å². The number of para-hydroxylation sites is 1. The van der Waals surface area contributed by atoms with Crippen LogP contribution in [0.3, 0.4) is 0 Å². The van der Waals surface area contributed by atoms with E-state index in [9.17, 15) is 4.79 Å². The first-order chi connectivity index (χ1) is 10.7. The number of benzene rings is 1. The summed E-state index contributed by atoms with van der Waals surface area (Å²) >= 11 is 1.38. The number of anilines is 1. The minimum absolute atomic E-state index is 0.0284. The van der Waals surface area contributed by atoms with Crippen molar-refractivity contribution in [3.63, 3.8) is 0 Å². The Bertz CT molecular complexity index is 680. The van der Waals surface area contributed by atoms with Gasteiger partial charge in [0.15, 0.2) is 0 Å². The number of rotatable bonds is 6. The molecule has 1 aromatic carbocycles. The molecule has 0 radical (unpaired) electrons. The minimum atomic E-state index is -0.0284. The van der Waals surface area contributed by atoms with Crippen molar-refractivity contribution in [2.45, 2.75) is 44.3 Å². The molecule has 7 heteroatoms. The average Bonchev–Trinajstić information content (AvgIpc) is 3.25. The quantitative estimate of drug-likeness (QED) is 0.829. The summed E-state index contributed by atoms with van der Waals surface area (Å²) in [5.74, 6) is 0.282. The van der Waals surface area contributed by atoms with Gasteiger partial charge in [0.2, 0.25) is 11.1 Å². The SMILES string of the molecule is CCc1cccc(C)c1NC(=O)CSc1nnnn1C1CC1. The monoisotopic (exact) mass is 317 g/mol. The van der Waals surface area contributed by atoms with E-state index in [0.29, 0.717) is 11.8 Å². The Balaban J connectivity index is 1.62. The van der Waals surface area contributed by atoms with Crippen molar-refractivity contribution in [3.05, 3.63) is 29.3 Å². The minimum Gasteiger partial charge on any atom is -0.325 e. The number of aromatic nitrogens is 4. The molecular formula is C15H19N5OS. The maximum Gasteiger partial charge on any atom is 0.234 e. The molecule has 1 aromatic heterocycles. The third-order valence-electron chi connectivity index (χ3n) is 3.69. The van der Waals surface area contributed by atoms with E-state index < -0.39 is 0 Å². The van der Waals surface area contributed by atoms with Crippen molar-refractivity contribution in [2.75, 3.05) is 11.1 Å². The third-order valence-corrected chi connectivity index (χ3v) is 4.63. The van der Waals surface area contributed by atoms with E-state index in [-0.39, 0.29) is 5.91 Å². The molecular weight excluding hydrogens is 298 g/mol. The number of carbonyl (C=O) groups is 1. The van der Waals surface area contributed by atoms with Gasteiger partial charge in [-0.2, -0.15) is 0 Å². The van der Waals surface area contributed by atoms with Gasteiger partial charge in [0, 0.05) is 5.69 Å². The Kier molecular flexibility index (Phi) is 4.42. The number of amides is 1. The van der Waals surface area contributed by atoms with Crippen LogP contribution in [0.4, 0.5) is 5.69 Å². The van der Waals surface area contributed by atoms with Crippen LogP contribution in [0, 0.1) is 6.92 Å². The highest BCUT2D eigenvalue weighted by Gasteiger charge is 2.28. The van der Waals surface area contributed by atoms with E-state index in [0.717, 1.165) is 41.2 Å². The highest BCUT2D eigenvalue weighted by molar-refractivity contribution is 7.99. The van der Waals surface area contributed by atoms with Gasteiger partial charge in [0.05, 0.1) is 11.8 Å². The smallest absolute Gasteiger partial charge is 0.234 e. The fraction of sp³-hybridized carbons (Fsp3) is 0.467. The zero-order chi connectivity index (χ0) is 15.5. The van der Waals surface area contributed by atoms with Gasteiger partial charge < -0.3 is 5.32 Å². The van der Waals surface area contributed by atoms with Crippen LogP contribution in [0.5, 0.6) is 0 Å². The number of carbonyl (C=O) groups excluding carboxylic acids is 1. The van der Waals surface area contributed by atoms with Gasteiger partial charge >= 0.3 is 0 Å². The van der Waals surface area contributed by atoms with E-state index in [2.05, 4.69) is 27.8 Å². The number of hydrogen-bond acceptors (Lipinski definition) is 5. The molecule has 1 amide bonds. The highest BCUT2D eigenvalue weighted by Crippen LogP contribution is 2.36. The molecule has 1 N–H and O–H groups in total. The van der Waals surface area contributed by atoms with E-state index in [1.807, 2.05) is 29.8 Å². The molecule has 2 aromatic rings.